The van der Waals surface area contributed by atoms with Crippen LogP contribution in [0.15, 0.2) is 18.2 Å². The summed E-state index contributed by atoms with van der Waals surface area (Å²) in [4.78, 5) is 2.62. The molecule has 2 fully saturated rings. The first kappa shape index (κ1) is 16.8. The first-order chi connectivity index (χ1) is 9.72. The van der Waals surface area contributed by atoms with Crippen LogP contribution in [0.3, 0.4) is 0 Å². The van der Waals surface area contributed by atoms with Gasteiger partial charge in [0.1, 0.15) is 0 Å². The zero-order valence-electron chi connectivity index (χ0n) is 13.4. The van der Waals surface area contributed by atoms with Crippen LogP contribution in [0.2, 0.25) is 0 Å². The van der Waals surface area contributed by atoms with Gasteiger partial charge in [-0.15, -0.1) is 12.4 Å². The topological polar surface area (TPSA) is 15.3 Å². The Morgan fingerprint density at radius 2 is 1.81 bits per heavy atom. The SMILES string of the molecule is Cc1cccc(CN2CCC(NCC3CC3)CC2)c1C.Cl. The fourth-order valence-electron chi connectivity index (χ4n) is 3.17. The second-order valence-electron chi connectivity index (χ2n) is 6.76. The van der Waals surface area contributed by atoms with Crippen LogP contribution in [0, 0.1) is 19.8 Å². The van der Waals surface area contributed by atoms with Crippen LogP contribution in [0.4, 0.5) is 0 Å². The van der Waals surface area contributed by atoms with Gasteiger partial charge in [-0.1, -0.05) is 18.2 Å². The maximum Gasteiger partial charge on any atom is 0.0236 e. The zero-order valence-corrected chi connectivity index (χ0v) is 14.2. The van der Waals surface area contributed by atoms with Crippen molar-refractivity contribution in [3.63, 3.8) is 0 Å². The van der Waals surface area contributed by atoms with Crippen molar-refractivity contribution in [3.05, 3.63) is 34.9 Å². The minimum atomic E-state index is 0. The molecule has 21 heavy (non-hydrogen) atoms. The van der Waals surface area contributed by atoms with E-state index in [-0.39, 0.29) is 12.4 Å². The molecular formula is C18H29ClN2. The number of halogens is 1. The molecule has 0 atom stereocenters. The Hall–Kier alpha value is -0.570. The predicted molar refractivity (Wildman–Crippen MR) is 92.2 cm³/mol. The second-order valence-corrected chi connectivity index (χ2v) is 6.76. The summed E-state index contributed by atoms with van der Waals surface area (Å²) in [5.74, 6) is 1.00. The van der Waals surface area contributed by atoms with E-state index in [2.05, 4.69) is 42.3 Å². The van der Waals surface area contributed by atoms with E-state index < -0.39 is 0 Å². The molecule has 0 aromatic heterocycles. The average molecular weight is 309 g/mol. The second kappa shape index (κ2) is 7.62. The van der Waals surface area contributed by atoms with Gasteiger partial charge in [-0.2, -0.15) is 0 Å². The lowest BCUT2D eigenvalue weighted by molar-refractivity contribution is 0.190. The van der Waals surface area contributed by atoms with Crippen molar-refractivity contribution in [2.45, 2.75) is 52.1 Å². The summed E-state index contributed by atoms with van der Waals surface area (Å²) in [6.07, 6.45) is 5.55. The van der Waals surface area contributed by atoms with Gasteiger partial charge in [-0.25, -0.2) is 0 Å². The van der Waals surface area contributed by atoms with E-state index in [1.54, 1.807) is 0 Å². The molecular weight excluding hydrogens is 280 g/mol. The van der Waals surface area contributed by atoms with Gasteiger partial charge in [0.2, 0.25) is 0 Å². The number of aryl methyl sites for hydroxylation is 1. The number of piperidine rings is 1. The van der Waals surface area contributed by atoms with Crippen LogP contribution >= 0.6 is 12.4 Å². The lowest BCUT2D eigenvalue weighted by atomic mass is 10.0. The predicted octanol–water partition coefficient (Wildman–Crippen LogP) is 3.69. The van der Waals surface area contributed by atoms with E-state index >= 15 is 0 Å². The van der Waals surface area contributed by atoms with E-state index in [0.717, 1.165) is 18.5 Å². The normalized spacial score (nSPS) is 20.3. The number of likely N-dealkylation sites (tertiary alicyclic amines) is 1. The minimum absolute atomic E-state index is 0. The van der Waals surface area contributed by atoms with E-state index in [1.165, 1.54) is 62.0 Å². The van der Waals surface area contributed by atoms with Gasteiger partial charge in [0.15, 0.2) is 0 Å². The summed E-state index contributed by atoms with van der Waals surface area (Å²) < 4.78 is 0. The Bertz CT molecular complexity index is 449. The van der Waals surface area contributed by atoms with E-state index in [1.807, 2.05) is 0 Å². The highest BCUT2D eigenvalue weighted by Gasteiger charge is 2.24. The summed E-state index contributed by atoms with van der Waals surface area (Å²) in [5, 5.41) is 3.76. The van der Waals surface area contributed by atoms with Gasteiger partial charge < -0.3 is 5.32 Å². The van der Waals surface area contributed by atoms with Crippen LogP contribution in [0.25, 0.3) is 0 Å². The molecule has 0 bridgehead atoms. The maximum absolute atomic E-state index is 3.76. The summed E-state index contributed by atoms with van der Waals surface area (Å²) in [6, 6.07) is 7.47. The Morgan fingerprint density at radius 1 is 1.10 bits per heavy atom. The molecule has 0 unspecified atom stereocenters. The molecule has 1 aromatic rings. The van der Waals surface area contributed by atoms with Crippen LogP contribution in [0.1, 0.15) is 42.4 Å². The molecule has 1 saturated carbocycles. The Morgan fingerprint density at radius 3 is 2.48 bits per heavy atom. The molecule has 0 amide bonds. The van der Waals surface area contributed by atoms with Crippen molar-refractivity contribution in [1.82, 2.24) is 10.2 Å². The monoisotopic (exact) mass is 308 g/mol. The molecule has 2 aliphatic rings. The van der Waals surface area contributed by atoms with Gasteiger partial charge in [0.05, 0.1) is 0 Å². The maximum atomic E-state index is 3.76. The fourth-order valence-corrected chi connectivity index (χ4v) is 3.17. The van der Waals surface area contributed by atoms with Crippen molar-refractivity contribution >= 4 is 12.4 Å². The van der Waals surface area contributed by atoms with Gasteiger partial charge in [-0.05, 0) is 81.8 Å². The first-order valence-corrected chi connectivity index (χ1v) is 8.23. The molecule has 1 saturated heterocycles. The molecule has 3 heteroatoms. The Balaban J connectivity index is 0.00000161. The van der Waals surface area contributed by atoms with E-state index in [4.69, 9.17) is 0 Å². The number of hydrogen-bond donors (Lipinski definition) is 1. The lowest BCUT2D eigenvalue weighted by Crippen LogP contribution is -2.42. The highest BCUT2D eigenvalue weighted by atomic mass is 35.5. The molecule has 3 rings (SSSR count). The average Bonchev–Trinajstić information content (AvgIpc) is 3.27. The fraction of sp³-hybridized carbons (Fsp3) is 0.667. The summed E-state index contributed by atoms with van der Waals surface area (Å²) in [5.41, 5.74) is 4.40. The molecule has 2 nitrogen and oxygen atoms in total. The molecule has 0 spiro atoms. The highest BCUT2D eigenvalue weighted by molar-refractivity contribution is 5.85. The minimum Gasteiger partial charge on any atom is -0.314 e. The zero-order chi connectivity index (χ0) is 13.9. The Kier molecular flexibility index (Phi) is 6.09. The Labute approximate surface area is 135 Å². The van der Waals surface area contributed by atoms with Crippen molar-refractivity contribution in [1.29, 1.82) is 0 Å². The number of nitrogens with one attached hydrogen (secondary N) is 1. The van der Waals surface area contributed by atoms with Crippen molar-refractivity contribution in [2.24, 2.45) is 5.92 Å². The molecule has 1 aliphatic carbocycles. The van der Waals surface area contributed by atoms with Crippen molar-refractivity contribution < 1.29 is 0 Å². The van der Waals surface area contributed by atoms with Crippen molar-refractivity contribution in [3.8, 4) is 0 Å². The summed E-state index contributed by atoms with van der Waals surface area (Å²) in [6.45, 7) is 9.36. The van der Waals surface area contributed by atoms with Gasteiger partial charge in [0.25, 0.3) is 0 Å². The quantitative estimate of drug-likeness (QED) is 0.892. The molecule has 1 heterocycles. The number of rotatable bonds is 5. The van der Waals surface area contributed by atoms with Gasteiger partial charge in [-0.3, -0.25) is 4.90 Å². The largest absolute Gasteiger partial charge is 0.314 e. The molecule has 118 valence electrons. The highest BCUT2D eigenvalue weighted by Crippen LogP contribution is 2.28. The summed E-state index contributed by atoms with van der Waals surface area (Å²) in [7, 11) is 0. The standard InChI is InChI=1S/C18H28N2.ClH/c1-14-4-3-5-17(15(14)2)13-20-10-8-18(9-11-20)19-12-16-6-7-16;/h3-5,16,18-19H,6-13H2,1-2H3;1H. The van der Waals surface area contributed by atoms with Crippen molar-refractivity contribution in [2.75, 3.05) is 19.6 Å². The third kappa shape index (κ3) is 4.70. The van der Waals surface area contributed by atoms with Crippen LogP contribution in [-0.4, -0.2) is 30.6 Å². The number of benzene rings is 1. The third-order valence-electron chi connectivity index (χ3n) is 5.09. The van der Waals surface area contributed by atoms with Crippen LogP contribution < -0.4 is 5.32 Å². The smallest absolute Gasteiger partial charge is 0.0236 e. The van der Waals surface area contributed by atoms with Gasteiger partial charge in [0, 0.05) is 12.6 Å². The third-order valence-corrected chi connectivity index (χ3v) is 5.09. The van der Waals surface area contributed by atoms with Gasteiger partial charge >= 0.3 is 0 Å². The first-order valence-electron chi connectivity index (χ1n) is 8.23. The molecule has 0 radical (unpaired) electrons. The lowest BCUT2D eigenvalue weighted by Gasteiger charge is -2.33. The molecule has 1 N–H and O–H groups in total. The van der Waals surface area contributed by atoms with E-state index in [0.29, 0.717) is 0 Å². The van der Waals surface area contributed by atoms with Crippen LogP contribution in [0.5, 0.6) is 0 Å². The number of nitrogens with zero attached hydrogens (tertiary/aromatic N) is 1. The molecule has 1 aliphatic heterocycles. The van der Waals surface area contributed by atoms with Crippen LogP contribution in [-0.2, 0) is 6.54 Å². The number of hydrogen-bond acceptors (Lipinski definition) is 2. The van der Waals surface area contributed by atoms with E-state index in [9.17, 15) is 0 Å². The summed E-state index contributed by atoms with van der Waals surface area (Å²) >= 11 is 0. The molecule has 1 aromatic carbocycles.